The van der Waals surface area contributed by atoms with Crippen molar-refractivity contribution in [3.8, 4) is 5.75 Å². The van der Waals surface area contributed by atoms with Crippen LogP contribution in [0.5, 0.6) is 5.75 Å². The fourth-order valence-corrected chi connectivity index (χ4v) is 4.29. The van der Waals surface area contributed by atoms with Crippen LogP contribution in [0.3, 0.4) is 0 Å². The maximum atomic E-state index is 12.2. The molecule has 176 valence electrons. The Kier molecular flexibility index (Phi) is 6.30. The number of nitrogens with zero attached hydrogens (tertiary/aromatic N) is 3. The zero-order chi connectivity index (χ0) is 24.2. The number of ether oxygens (including phenoxy) is 1. The molecule has 3 aromatic heterocycles. The van der Waals surface area contributed by atoms with E-state index in [0.717, 1.165) is 44.6 Å². The van der Waals surface area contributed by atoms with Gasteiger partial charge in [0.15, 0.2) is 0 Å². The van der Waals surface area contributed by atoms with Crippen LogP contribution in [0.1, 0.15) is 17.3 Å². The van der Waals surface area contributed by atoms with Crippen molar-refractivity contribution in [2.24, 2.45) is 0 Å². The first kappa shape index (κ1) is 22.4. The van der Waals surface area contributed by atoms with Gasteiger partial charge < -0.3 is 19.7 Å². The summed E-state index contributed by atoms with van der Waals surface area (Å²) in [7, 11) is 1.84. The van der Waals surface area contributed by atoms with Crippen molar-refractivity contribution in [2.45, 2.75) is 18.9 Å². The van der Waals surface area contributed by atoms with Crippen molar-refractivity contribution >= 4 is 33.6 Å². The van der Waals surface area contributed by atoms with Crippen molar-refractivity contribution in [3.63, 3.8) is 0 Å². The largest absolute Gasteiger partial charge is 0.493 e. The van der Waals surface area contributed by atoms with Gasteiger partial charge in [0.25, 0.3) is 0 Å². The number of hydrogen-bond donors (Lipinski definition) is 2. The van der Waals surface area contributed by atoms with Gasteiger partial charge in [-0.2, -0.15) is 0 Å². The van der Waals surface area contributed by atoms with E-state index in [2.05, 4.69) is 15.3 Å². The van der Waals surface area contributed by atoms with Crippen molar-refractivity contribution in [2.75, 3.05) is 19.0 Å². The SMILES string of the molecule is CNc1cccc(CCOc2ccc3c(ccn3C(Cc3cnc4ccccc4c3)C(=O)O)c2)n1. The number of aliphatic carboxylic acids is 1. The molecule has 0 aliphatic heterocycles. The van der Waals surface area contributed by atoms with Crippen molar-refractivity contribution in [1.82, 2.24) is 14.5 Å². The second-order valence-electron chi connectivity index (χ2n) is 8.40. The third-order valence-corrected chi connectivity index (χ3v) is 6.08. The molecule has 5 rings (SSSR count). The third-order valence-electron chi connectivity index (χ3n) is 6.08. The first-order chi connectivity index (χ1) is 17.1. The van der Waals surface area contributed by atoms with Gasteiger partial charge >= 0.3 is 5.97 Å². The Hall–Kier alpha value is -4.39. The highest BCUT2D eigenvalue weighted by atomic mass is 16.5. The van der Waals surface area contributed by atoms with Crippen molar-refractivity contribution < 1.29 is 14.6 Å². The fourth-order valence-electron chi connectivity index (χ4n) is 4.29. The fraction of sp³-hybridized carbons (Fsp3) is 0.179. The van der Waals surface area contributed by atoms with Crippen molar-refractivity contribution in [1.29, 1.82) is 0 Å². The minimum atomic E-state index is -0.882. The number of carboxylic acid groups (broad SMARTS) is 1. The molecule has 0 bridgehead atoms. The summed E-state index contributed by atoms with van der Waals surface area (Å²) in [5, 5.41) is 15.0. The van der Waals surface area contributed by atoms with E-state index in [0.29, 0.717) is 19.4 Å². The molecule has 0 aliphatic rings. The van der Waals surface area contributed by atoms with Gasteiger partial charge in [-0.25, -0.2) is 9.78 Å². The first-order valence-corrected chi connectivity index (χ1v) is 11.5. The Labute approximate surface area is 203 Å². The van der Waals surface area contributed by atoms with Crippen LogP contribution in [-0.2, 0) is 17.6 Å². The number of rotatable bonds is 9. The summed E-state index contributed by atoms with van der Waals surface area (Å²) >= 11 is 0. The average molecular weight is 467 g/mol. The van der Waals surface area contributed by atoms with Gasteiger partial charge in [-0.05, 0) is 54.1 Å². The molecule has 2 aromatic carbocycles. The molecule has 0 saturated heterocycles. The maximum Gasteiger partial charge on any atom is 0.327 e. The summed E-state index contributed by atoms with van der Waals surface area (Å²) < 4.78 is 7.76. The number of carbonyl (C=O) groups is 1. The topological polar surface area (TPSA) is 89.3 Å². The number of hydrogen-bond acceptors (Lipinski definition) is 5. The molecular weight excluding hydrogens is 440 g/mol. The van der Waals surface area contributed by atoms with E-state index in [1.807, 2.05) is 90.6 Å². The standard InChI is InChI=1S/C28H26N4O3/c1-29-27-8-4-6-22(31-27)12-14-35-23-9-10-25-21(17-23)11-13-32(25)26(28(33)34)16-19-15-20-5-2-3-7-24(20)30-18-19/h2-11,13,15,17-18,26H,12,14,16H2,1H3,(H,29,31)(H,33,34). The maximum absolute atomic E-state index is 12.2. The molecule has 0 fully saturated rings. The molecule has 35 heavy (non-hydrogen) atoms. The second-order valence-corrected chi connectivity index (χ2v) is 8.40. The van der Waals surface area contributed by atoms with Crippen LogP contribution in [0, 0.1) is 0 Å². The van der Waals surface area contributed by atoms with Crippen molar-refractivity contribution in [3.05, 3.63) is 96.4 Å². The van der Waals surface area contributed by atoms with Gasteiger partial charge in [-0.15, -0.1) is 0 Å². The van der Waals surface area contributed by atoms with Crippen LogP contribution in [0.2, 0.25) is 0 Å². The average Bonchev–Trinajstić information content (AvgIpc) is 3.30. The predicted octanol–water partition coefficient (Wildman–Crippen LogP) is 5.12. The van der Waals surface area contributed by atoms with E-state index in [-0.39, 0.29) is 0 Å². The zero-order valence-corrected chi connectivity index (χ0v) is 19.4. The molecule has 1 unspecified atom stereocenters. The molecule has 3 heterocycles. The number of pyridine rings is 2. The van der Waals surface area contributed by atoms with Gasteiger partial charge in [0.2, 0.25) is 0 Å². The number of para-hydroxylation sites is 1. The lowest BCUT2D eigenvalue weighted by molar-refractivity contribution is -0.140. The summed E-state index contributed by atoms with van der Waals surface area (Å²) in [6, 6.07) is 22.6. The Morgan fingerprint density at radius 2 is 1.94 bits per heavy atom. The Bertz CT molecular complexity index is 1490. The quantitative estimate of drug-likeness (QED) is 0.314. The summed E-state index contributed by atoms with van der Waals surface area (Å²) in [6.45, 7) is 0.499. The molecule has 0 saturated carbocycles. The van der Waals surface area contributed by atoms with Crippen LogP contribution in [-0.4, -0.2) is 39.3 Å². The number of anilines is 1. The highest BCUT2D eigenvalue weighted by Crippen LogP contribution is 2.27. The van der Waals surface area contributed by atoms with Gasteiger partial charge in [-0.1, -0.05) is 24.3 Å². The number of carboxylic acids is 1. The summed E-state index contributed by atoms with van der Waals surface area (Å²) in [5.41, 5.74) is 3.58. The minimum Gasteiger partial charge on any atom is -0.493 e. The third kappa shape index (κ3) is 4.94. The smallest absolute Gasteiger partial charge is 0.327 e. The zero-order valence-electron chi connectivity index (χ0n) is 19.4. The predicted molar refractivity (Wildman–Crippen MR) is 137 cm³/mol. The molecule has 5 aromatic rings. The van der Waals surface area contributed by atoms with Crippen LogP contribution in [0.4, 0.5) is 5.82 Å². The summed E-state index contributed by atoms with van der Waals surface area (Å²) in [6.07, 6.45) is 4.62. The minimum absolute atomic E-state index is 0.341. The van der Waals surface area contributed by atoms with Crippen LogP contribution >= 0.6 is 0 Å². The molecule has 2 N–H and O–H groups in total. The van der Waals surface area contributed by atoms with E-state index >= 15 is 0 Å². The molecular formula is C28H26N4O3. The molecule has 1 atom stereocenters. The monoisotopic (exact) mass is 466 g/mol. The molecule has 0 radical (unpaired) electrons. The van der Waals surface area contributed by atoms with Crippen LogP contribution in [0.25, 0.3) is 21.8 Å². The lowest BCUT2D eigenvalue weighted by Gasteiger charge is -2.16. The van der Waals surface area contributed by atoms with Crippen LogP contribution < -0.4 is 10.1 Å². The van der Waals surface area contributed by atoms with E-state index in [1.165, 1.54) is 0 Å². The highest BCUT2D eigenvalue weighted by molar-refractivity contribution is 5.84. The molecule has 0 spiro atoms. The number of nitrogens with one attached hydrogen (secondary N) is 1. The molecule has 7 heteroatoms. The Morgan fingerprint density at radius 3 is 2.80 bits per heavy atom. The van der Waals surface area contributed by atoms with E-state index in [1.54, 1.807) is 6.20 Å². The summed E-state index contributed by atoms with van der Waals surface area (Å²) in [5.74, 6) is 0.690. The number of aromatic nitrogens is 3. The normalized spacial score (nSPS) is 12.0. The lowest BCUT2D eigenvalue weighted by Crippen LogP contribution is -2.20. The summed E-state index contributed by atoms with van der Waals surface area (Å²) in [4.78, 5) is 21.2. The number of benzene rings is 2. The Morgan fingerprint density at radius 1 is 1.06 bits per heavy atom. The molecule has 0 aliphatic carbocycles. The number of fused-ring (bicyclic) bond motifs is 2. The highest BCUT2D eigenvalue weighted by Gasteiger charge is 2.22. The van der Waals surface area contributed by atoms with Crippen LogP contribution in [0.15, 0.2) is 85.2 Å². The van der Waals surface area contributed by atoms with E-state index in [9.17, 15) is 9.90 Å². The first-order valence-electron chi connectivity index (χ1n) is 11.5. The Balaban J connectivity index is 1.32. The van der Waals surface area contributed by atoms with E-state index < -0.39 is 12.0 Å². The van der Waals surface area contributed by atoms with Gasteiger partial charge in [0.1, 0.15) is 17.6 Å². The van der Waals surface area contributed by atoms with Gasteiger partial charge in [-0.3, -0.25) is 4.98 Å². The van der Waals surface area contributed by atoms with E-state index in [4.69, 9.17) is 4.74 Å². The lowest BCUT2D eigenvalue weighted by atomic mass is 10.1. The van der Waals surface area contributed by atoms with Gasteiger partial charge in [0.05, 0.1) is 12.1 Å². The van der Waals surface area contributed by atoms with Gasteiger partial charge in [0, 0.05) is 54.3 Å². The molecule has 7 nitrogen and oxygen atoms in total. The second kappa shape index (κ2) is 9.85. The molecule has 0 amide bonds.